The molecule has 0 bridgehead atoms. The maximum atomic E-state index is 13.4. The van der Waals surface area contributed by atoms with Crippen molar-refractivity contribution in [3.8, 4) is 0 Å². The molecule has 28 heavy (non-hydrogen) atoms. The molecule has 8 nitrogen and oxygen atoms in total. The third kappa shape index (κ3) is 3.60. The number of nitrogen functional groups attached to an aromatic ring is 1. The number of rotatable bonds is 4. The van der Waals surface area contributed by atoms with Crippen molar-refractivity contribution in [2.24, 2.45) is 0 Å². The second kappa shape index (κ2) is 7.28. The zero-order chi connectivity index (χ0) is 19.8. The van der Waals surface area contributed by atoms with Gasteiger partial charge in [-0.05, 0) is 31.0 Å². The molecule has 3 aromatic heterocycles. The minimum absolute atomic E-state index is 0.241. The summed E-state index contributed by atoms with van der Waals surface area (Å²) in [6.07, 6.45) is 2.71. The van der Waals surface area contributed by atoms with E-state index in [0.29, 0.717) is 33.7 Å². The van der Waals surface area contributed by atoms with Gasteiger partial charge in [0.15, 0.2) is 5.69 Å². The van der Waals surface area contributed by atoms with Crippen molar-refractivity contribution in [3.63, 3.8) is 0 Å². The number of fused-ring (bicyclic) bond motifs is 1. The molecule has 0 saturated carbocycles. The Morgan fingerprint density at radius 3 is 2.96 bits per heavy atom. The lowest BCUT2D eigenvalue weighted by Crippen LogP contribution is -2.30. The monoisotopic (exact) mass is 402 g/mol. The molecule has 1 aliphatic heterocycles. The first-order chi connectivity index (χ1) is 13.4. The van der Waals surface area contributed by atoms with Crippen LogP contribution in [0.1, 0.15) is 35.4 Å². The highest BCUT2D eigenvalue weighted by atomic mass is 32.1. The number of nitrogens with two attached hydrogens (primary N) is 1. The van der Waals surface area contributed by atoms with Gasteiger partial charge in [0, 0.05) is 19.3 Å². The number of halogens is 1. The SMILES string of the molecule is C[C@H](Nc1nc(C(=O)N2CC[C@@H](O)C2)c2sc(N)cc2n1)c1cncc(F)c1. The lowest BCUT2D eigenvalue weighted by molar-refractivity contribution is 0.0761. The van der Waals surface area contributed by atoms with Gasteiger partial charge < -0.3 is 21.1 Å². The second-order valence-corrected chi connectivity index (χ2v) is 7.84. The quantitative estimate of drug-likeness (QED) is 0.612. The molecule has 0 radical (unpaired) electrons. The van der Waals surface area contributed by atoms with Gasteiger partial charge in [-0.2, -0.15) is 0 Å². The van der Waals surface area contributed by atoms with E-state index in [9.17, 15) is 14.3 Å². The maximum absolute atomic E-state index is 13.4. The number of aliphatic hydroxyl groups is 1. The van der Waals surface area contributed by atoms with Crippen LogP contribution < -0.4 is 11.1 Å². The summed E-state index contributed by atoms with van der Waals surface area (Å²) in [5, 5.41) is 13.4. The van der Waals surface area contributed by atoms with E-state index in [1.807, 2.05) is 6.92 Å². The van der Waals surface area contributed by atoms with E-state index in [4.69, 9.17) is 5.73 Å². The van der Waals surface area contributed by atoms with E-state index in [0.717, 1.165) is 6.20 Å². The molecule has 0 spiro atoms. The first-order valence-electron chi connectivity index (χ1n) is 8.82. The molecular weight excluding hydrogens is 383 g/mol. The highest BCUT2D eigenvalue weighted by Crippen LogP contribution is 2.31. The molecule has 1 aliphatic rings. The third-order valence-corrected chi connectivity index (χ3v) is 5.58. The Kier molecular flexibility index (Phi) is 4.82. The summed E-state index contributed by atoms with van der Waals surface area (Å²) in [7, 11) is 0. The Bertz CT molecular complexity index is 1040. The van der Waals surface area contributed by atoms with Gasteiger partial charge in [-0.1, -0.05) is 0 Å². The predicted molar refractivity (Wildman–Crippen MR) is 105 cm³/mol. The van der Waals surface area contributed by atoms with Gasteiger partial charge in [0.05, 0.1) is 33.6 Å². The van der Waals surface area contributed by atoms with E-state index < -0.39 is 11.9 Å². The maximum Gasteiger partial charge on any atom is 0.274 e. The van der Waals surface area contributed by atoms with Crippen LogP contribution in [0, 0.1) is 5.82 Å². The van der Waals surface area contributed by atoms with Crippen LogP contribution >= 0.6 is 11.3 Å². The van der Waals surface area contributed by atoms with E-state index in [1.54, 1.807) is 17.2 Å². The molecule has 1 saturated heterocycles. The van der Waals surface area contributed by atoms with Crippen LogP contribution in [0.5, 0.6) is 0 Å². The fraction of sp³-hybridized carbons (Fsp3) is 0.333. The normalized spacial score (nSPS) is 17.8. The number of aliphatic hydroxyl groups excluding tert-OH is 1. The average Bonchev–Trinajstić information content (AvgIpc) is 3.25. The fourth-order valence-electron chi connectivity index (χ4n) is 3.18. The molecule has 1 amide bonds. The number of β-amino-alcohol motifs (C(OH)–C–C–N with tert-alkyl or cyclic N) is 1. The number of nitrogens with zero attached hydrogens (tertiary/aromatic N) is 4. The first-order valence-corrected chi connectivity index (χ1v) is 9.63. The van der Waals surface area contributed by atoms with Crippen molar-refractivity contribution in [1.29, 1.82) is 0 Å². The largest absolute Gasteiger partial charge is 0.391 e. The Hall–Kier alpha value is -2.85. The van der Waals surface area contributed by atoms with Gasteiger partial charge in [-0.25, -0.2) is 14.4 Å². The molecule has 1 fully saturated rings. The standard InChI is InChI=1S/C18H19FN6O2S/c1-9(10-4-11(19)7-21-6-10)22-18-23-13-5-14(20)28-16(13)15(24-18)17(27)25-3-2-12(26)8-25/h4-7,9,12,26H,2-3,8,20H2,1H3,(H,22,23,24)/t9-,12+/m0/s1. The van der Waals surface area contributed by atoms with Crippen molar-refractivity contribution in [2.45, 2.75) is 25.5 Å². The second-order valence-electron chi connectivity index (χ2n) is 6.76. The number of likely N-dealkylation sites (tertiary alicyclic amines) is 1. The number of nitrogens with one attached hydrogen (secondary N) is 1. The average molecular weight is 402 g/mol. The summed E-state index contributed by atoms with van der Waals surface area (Å²) >= 11 is 1.25. The number of hydrogen-bond donors (Lipinski definition) is 3. The van der Waals surface area contributed by atoms with Crippen molar-refractivity contribution in [2.75, 3.05) is 24.1 Å². The fourth-order valence-corrected chi connectivity index (χ4v) is 4.02. The number of aromatic nitrogens is 3. The van der Waals surface area contributed by atoms with Crippen LogP contribution in [0.25, 0.3) is 10.2 Å². The molecule has 3 aromatic rings. The smallest absolute Gasteiger partial charge is 0.274 e. The van der Waals surface area contributed by atoms with Crippen LogP contribution in [0.2, 0.25) is 0 Å². The van der Waals surface area contributed by atoms with Gasteiger partial charge in [0.1, 0.15) is 5.82 Å². The number of thiophene rings is 1. The number of pyridine rings is 1. The topological polar surface area (TPSA) is 117 Å². The lowest BCUT2D eigenvalue weighted by atomic mass is 10.1. The summed E-state index contributed by atoms with van der Waals surface area (Å²) in [5.41, 5.74) is 7.34. The zero-order valence-corrected chi connectivity index (χ0v) is 15.9. The molecule has 4 heterocycles. The molecule has 2 atom stereocenters. The predicted octanol–water partition coefficient (Wildman–Crippen LogP) is 2.19. The van der Waals surface area contributed by atoms with Gasteiger partial charge in [-0.15, -0.1) is 11.3 Å². The van der Waals surface area contributed by atoms with E-state index in [-0.39, 0.29) is 30.1 Å². The van der Waals surface area contributed by atoms with Crippen LogP contribution in [-0.4, -0.2) is 50.1 Å². The van der Waals surface area contributed by atoms with Gasteiger partial charge >= 0.3 is 0 Å². The summed E-state index contributed by atoms with van der Waals surface area (Å²) < 4.78 is 14.1. The van der Waals surface area contributed by atoms with Gasteiger partial charge in [-0.3, -0.25) is 9.78 Å². The molecule has 4 N–H and O–H groups in total. The van der Waals surface area contributed by atoms with Crippen LogP contribution in [0.15, 0.2) is 24.5 Å². The lowest BCUT2D eigenvalue weighted by Gasteiger charge is -2.17. The summed E-state index contributed by atoms with van der Waals surface area (Å²) in [5.74, 6) is -0.462. The highest BCUT2D eigenvalue weighted by molar-refractivity contribution is 7.22. The van der Waals surface area contributed by atoms with Crippen LogP contribution in [0.3, 0.4) is 0 Å². The van der Waals surface area contributed by atoms with Crippen LogP contribution in [0.4, 0.5) is 15.3 Å². The highest BCUT2D eigenvalue weighted by Gasteiger charge is 2.29. The van der Waals surface area contributed by atoms with Crippen molar-refractivity contribution in [1.82, 2.24) is 19.9 Å². The third-order valence-electron chi connectivity index (χ3n) is 4.62. The van der Waals surface area contributed by atoms with E-state index >= 15 is 0 Å². The molecule has 0 unspecified atom stereocenters. The molecule has 10 heteroatoms. The summed E-state index contributed by atoms with van der Waals surface area (Å²) in [6.45, 7) is 2.57. The molecule has 4 rings (SSSR count). The molecule has 0 aliphatic carbocycles. The van der Waals surface area contributed by atoms with Gasteiger partial charge in [0.25, 0.3) is 5.91 Å². The number of anilines is 2. The Labute approximate surface area is 164 Å². The molecule has 146 valence electrons. The Morgan fingerprint density at radius 2 is 2.25 bits per heavy atom. The van der Waals surface area contributed by atoms with Crippen molar-refractivity contribution >= 4 is 38.4 Å². The zero-order valence-electron chi connectivity index (χ0n) is 15.1. The Morgan fingerprint density at radius 1 is 1.43 bits per heavy atom. The van der Waals surface area contributed by atoms with E-state index in [2.05, 4.69) is 20.3 Å². The number of hydrogen-bond acceptors (Lipinski definition) is 8. The number of amides is 1. The number of carbonyl (C=O) groups is 1. The Balaban J connectivity index is 1.68. The van der Waals surface area contributed by atoms with Gasteiger partial charge in [0.2, 0.25) is 5.95 Å². The summed E-state index contributed by atoms with van der Waals surface area (Å²) in [6, 6.07) is 2.74. The molecular formula is C18H19FN6O2S. The van der Waals surface area contributed by atoms with Crippen molar-refractivity contribution < 1.29 is 14.3 Å². The van der Waals surface area contributed by atoms with Crippen molar-refractivity contribution in [3.05, 3.63) is 41.6 Å². The van der Waals surface area contributed by atoms with E-state index in [1.165, 1.54) is 17.4 Å². The first kappa shape index (κ1) is 18.5. The minimum atomic E-state index is -0.521. The van der Waals surface area contributed by atoms with Crippen LogP contribution in [-0.2, 0) is 0 Å². The summed E-state index contributed by atoms with van der Waals surface area (Å²) in [4.78, 5) is 27.3. The molecule has 0 aromatic carbocycles. The minimum Gasteiger partial charge on any atom is -0.391 e. The number of carbonyl (C=O) groups excluding carboxylic acids is 1.